The minimum Gasteiger partial charge on any atom is -0.458 e. The molecular weight excluding hydrogens is 293 g/mol. The van der Waals surface area contributed by atoms with Gasteiger partial charge in [0.15, 0.2) is 5.82 Å². The second-order valence-electron chi connectivity index (χ2n) is 4.77. The van der Waals surface area contributed by atoms with Gasteiger partial charge in [-0.1, -0.05) is 0 Å². The Balaban J connectivity index is 1.62. The topological polar surface area (TPSA) is 101 Å². The number of H-pyrrole nitrogens is 1. The van der Waals surface area contributed by atoms with E-state index in [2.05, 4.69) is 20.2 Å². The molecule has 2 aromatic heterocycles. The predicted molar refractivity (Wildman–Crippen MR) is 71.8 cm³/mol. The zero-order chi connectivity index (χ0) is 15.5. The van der Waals surface area contributed by atoms with Crippen molar-refractivity contribution >= 4 is 5.91 Å². The number of likely N-dealkylation sites (tertiary alicyclic amines) is 1. The van der Waals surface area contributed by atoms with Gasteiger partial charge in [0, 0.05) is 19.0 Å². The van der Waals surface area contributed by atoms with Crippen molar-refractivity contribution in [1.29, 1.82) is 0 Å². The van der Waals surface area contributed by atoms with Gasteiger partial charge in [-0.2, -0.15) is 5.10 Å². The van der Waals surface area contributed by atoms with Crippen LogP contribution < -0.4 is 10.3 Å². The Hall–Kier alpha value is -2.84. The van der Waals surface area contributed by atoms with Gasteiger partial charge in [-0.15, -0.1) is 0 Å². The Morgan fingerprint density at radius 2 is 2.14 bits per heavy atom. The number of amides is 1. The summed E-state index contributed by atoms with van der Waals surface area (Å²) >= 11 is 0. The van der Waals surface area contributed by atoms with Crippen molar-refractivity contribution in [3.63, 3.8) is 0 Å². The largest absolute Gasteiger partial charge is 0.458 e. The van der Waals surface area contributed by atoms with Gasteiger partial charge < -0.3 is 9.64 Å². The first-order chi connectivity index (χ1) is 10.6. The number of ether oxygens (including phenoxy) is 1. The quantitative estimate of drug-likeness (QED) is 0.856. The maximum Gasteiger partial charge on any atom is 0.316 e. The summed E-state index contributed by atoms with van der Waals surface area (Å²) in [4.78, 5) is 32.1. The minimum absolute atomic E-state index is 0.0721. The minimum atomic E-state index is -0.542. The highest BCUT2D eigenvalue weighted by Crippen LogP contribution is 2.16. The number of rotatable bonds is 3. The van der Waals surface area contributed by atoms with Gasteiger partial charge in [-0.05, 0) is 6.07 Å². The molecule has 0 bridgehead atoms. The third-order valence-electron chi connectivity index (χ3n) is 3.20. The summed E-state index contributed by atoms with van der Waals surface area (Å²) < 4.78 is 18.2. The molecule has 0 saturated carbocycles. The smallest absolute Gasteiger partial charge is 0.316 e. The summed E-state index contributed by atoms with van der Waals surface area (Å²) in [7, 11) is 0. The molecule has 1 N–H and O–H groups in total. The molecule has 2 aromatic rings. The second-order valence-corrected chi connectivity index (χ2v) is 4.77. The third-order valence-corrected chi connectivity index (χ3v) is 3.20. The second kappa shape index (κ2) is 5.88. The van der Waals surface area contributed by atoms with Crippen LogP contribution in [0.3, 0.4) is 0 Å². The van der Waals surface area contributed by atoms with Gasteiger partial charge in [-0.3, -0.25) is 9.59 Å². The average molecular weight is 305 g/mol. The van der Waals surface area contributed by atoms with Gasteiger partial charge in [0.1, 0.15) is 11.8 Å². The molecule has 3 rings (SSSR count). The van der Waals surface area contributed by atoms with Crippen molar-refractivity contribution < 1.29 is 13.9 Å². The van der Waals surface area contributed by atoms with Crippen molar-refractivity contribution in [1.82, 2.24) is 25.1 Å². The highest BCUT2D eigenvalue weighted by atomic mass is 19.1. The third kappa shape index (κ3) is 3.08. The molecule has 0 unspecified atom stereocenters. The Morgan fingerprint density at radius 1 is 1.36 bits per heavy atom. The predicted octanol–water partition coefficient (Wildman–Crippen LogP) is -0.00750. The molecule has 0 aliphatic carbocycles. The maximum absolute atomic E-state index is 12.7. The number of carbonyl (C=O) groups excluding carboxylic acids is 1. The first-order valence-electron chi connectivity index (χ1n) is 6.61. The highest BCUT2D eigenvalue weighted by molar-refractivity contribution is 5.92. The first-order valence-corrected chi connectivity index (χ1v) is 6.61. The molecule has 1 amide bonds. The Labute approximate surface area is 124 Å². The molecule has 1 saturated heterocycles. The Morgan fingerprint density at radius 3 is 2.82 bits per heavy atom. The van der Waals surface area contributed by atoms with E-state index in [-0.39, 0.29) is 29.3 Å². The summed E-state index contributed by atoms with van der Waals surface area (Å²) in [6, 6.07) is 2.69. The number of aromatic nitrogens is 4. The van der Waals surface area contributed by atoms with Crippen LogP contribution in [-0.4, -0.2) is 50.2 Å². The van der Waals surface area contributed by atoms with E-state index in [9.17, 15) is 14.0 Å². The lowest BCUT2D eigenvalue weighted by molar-refractivity contribution is 0.0762. The zero-order valence-corrected chi connectivity index (χ0v) is 11.4. The number of nitrogens with zero attached hydrogens (tertiary/aromatic N) is 4. The molecule has 1 fully saturated rings. The lowest BCUT2D eigenvalue weighted by atomic mass is 10.3. The molecule has 3 heterocycles. The van der Waals surface area contributed by atoms with E-state index < -0.39 is 5.82 Å². The lowest BCUT2D eigenvalue weighted by Gasteiger charge is -2.15. The van der Waals surface area contributed by atoms with Gasteiger partial charge in [-0.25, -0.2) is 19.5 Å². The van der Waals surface area contributed by atoms with E-state index in [0.29, 0.717) is 19.5 Å². The summed E-state index contributed by atoms with van der Waals surface area (Å²) in [6.07, 6.45) is 2.38. The number of hydrogen-bond acceptors (Lipinski definition) is 6. The molecule has 1 aliphatic heterocycles. The fourth-order valence-electron chi connectivity index (χ4n) is 2.14. The van der Waals surface area contributed by atoms with Crippen molar-refractivity contribution in [3.8, 4) is 6.01 Å². The molecule has 0 radical (unpaired) electrons. The van der Waals surface area contributed by atoms with E-state index in [1.807, 2.05) is 0 Å². The fourth-order valence-corrected chi connectivity index (χ4v) is 2.14. The van der Waals surface area contributed by atoms with Crippen LogP contribution in [-0.2, 0) is 0 Å². The van der Waals surface area contributed by atoms with E-state index in [1.165, 1.54) is 12.1 Å². The van der Waals surface area contributed by atoms with Crippen LogP contribution in [0.15, 0.2) is 29.3 Å². The normalized spacial score (nSPS) is 17.5. The molecular formula is C13H12FN5O3. The molecule has 0 aromatic carbocycles. The van der Waals surface area contributed by atoms with Crippen molar-refractivity contribution in [2.24, 2.45) is 0 Å². The summed E-state index contributed by atoms with van der Waals surface area (Å²) in [5, 5.41) is 5.93. The van der Waals surface area contributed by atoms with E-state index in [4.69, 9.17) is 4.74 Å². The number of halogens is 1. The number of aromatic amines is 1. The van der Waals surface area contributed by atoms with Gasteiger partial charge >= 0.3 is 6.01 Å². The van der Waals surface area contributed by atoms with Crippen LogP contribution in [0.25, 0.3) is 0 Å². The van der Waals surface area contributed by atoms with Gasteiger partial charge in [0.2, 0.25) is 0 Å². The molecule has 114 valence electrons. The summed E-state index contributed by atoms with van der Waals surface area (Å²) in [5.41, 5.74) is -0.203. The van der Waals surface area contributed by atoms with Crippen molar-refractivity contribution in [2.45, 2.75) is 12.5 Å². The maximum atomic E-state index is 12.7. The molecule has 1 atom stereocenters. The van der Waals surface area contributed by atoms with Crippen LogP contribution in [0.1, 0.15) is 16.9 Å². The zero-order valence-electron chi connectivity index (χ0n) is 11.4. The van der Waals surface area contributed by atoms with Crippen LogP contribution in [0.2, 0.25) is 0 Å². The summed E-state index contributed by atoms with van der Waals surface area (Å²) in [5.74, 6) is -0.831. The highest BCUT2D eigenvalue weighted by Gasteiger charge is 2.29. The Kier molecular flexibility index (Phi) is 3.77. The molecule has 0 spiro atoms. The van der Waals surface area contributed by atoms with Crippen LogP contribution in [0, 0.1) is 5.82 Å². The average Bonchev–Trinajstić information content (AvgIpc) is 2.98. The van der Waals surface area contributed by atoms with Gasteiger partial charge in [0.05, 0.1) is 18.9 Å². The molecule has 8 nitrogen and oxygen atoms in total. The standard InChI is InChI=1S/C13H12FN5O3/c14-8-5-15-13(16-6-8)22-9-3-4-19(7-9)12(21)10-1-2-11(20)18-17-10/h1-2,5-6,9H,3-4,7H2,(H,18,20)/t9-/m1/s1. The van der Waals surface area contributed by atoms with Crippen molar-refractivity contribution in [2.75, 3.05) is 13.1 Å². The number of nitrogens with one attached hydrogen (secondary N) is 1. The first kappa shape index (κ1) is 14.1. The number of carbonyl (C=O) groups is 1. The SMILES string of the molecule is O=C(c1ccc(=O)[nH]n1)N1CC[C@@H](Oc2ncc(F)cn2)C1. The monoisotopic (exact) mass is 305 g/mol. The van der Waals surface area contributed by atoms with Crippen LogP contribution in [0.4, 0.5) is 4.39 Å². The van der Waals surface area contributed by atoms with Crippen LogP contribution in [0.5, 0.6) is 6.01 Å². The lowest BCUT2D eigenvalue weighted by Crippen LogP contribution is -2.32. The van der Waals surface area contributed by atoms with E-state index >= 15 is 0 Å². The fraction of sp³-hybridized carbons (Fsp3) is 0.308. The van der Waals surface area contributed by atoms with E-state index in [0.717, 1.165) is 12.4 Å². The van der Waals surface area contributed by atoms with Crippen molar-refractivity contribution in [3.05, 3.63) is 46.4 Å². The molecule has 1 aliphatic rings. The Bertz CT molecular complexity index is 713. The number of hydrogen-bond donors (Lipinski definition) is 1. The van der Waals surface area contributed by atoms with E-state index in [1.54, 1.807) is 4.90 Å². The van der Waals surface area contributed by atoms with Crippen LogP contribution >= 0.6 is 0 Å². The molecule has 22 heavy (non-hydrogen) atoms. The summed E-state index contributed by atoms with van der Waals surface area (Å²) in [6.45, 7) is 0.839. The molecule has 9 heteroatoms. The van der Waals surface area contributed by atoms with Gasteiger partial charge in [0.25, 0.3) is 11.5 Å².